The molecule has 1 amide bonds. The molecule has 3 unspecified atom stereocenters. The molecule has 172 valence electrons. The predicted molar refractivity (Wildman–Crippen MR) is 125 cm³/mol. The fourth-order valence-electron chi connectivity index (χ4n) is 5.19. The van der Waals surface area contributed by atoms with E-state index in [1.165, 1.54) is 0 Å². The molecule has 7 heteroatoms. The van der Waals surface area contributed by atoms with Gasteiger partial charge in [-0.2, -0.15) is 4.31 Å². The van der Waals surface area contributed by atoms with Crippen LogP contribution >= 0.6 is 0 Å². The van der Waals surface area contributed by atoms with Gasteiger partial charge in [0.05, 0.1) is 10.9 Å². The molecule has 0 bridgehead atoms. The molecule has 32 heavy (non-hydrogen) atoms. The monoisotopic (exact) mass is 455 g/mol. The Bertz CT molecular complexity index is 1030. The van der Waals surface area contributed by atoms with Crippen LogP contribution in [0.1, 0.15) is 67.9 Å². The van der Waals surface area contributed by atoms with Gasteiger partial charge in [-0.05, 0) is 67.0 Å². The second kappa shape index (κ2) is 9.71. The highest BCUT2D eigenvalue weighted by Gasteiger charge is 2.33. The summed E-state index contributed by atoms with van der Waals surface area (Å²) in [6.07, 6.45) is 8.57. The van der Waals surface area contributed by atoms with Gasteiger partial charge < -0.3 is 4.90 Å². The number of nitrogens with zero attached hydrogens (tertiary/aromatic N) is 3. The SMILES string of the molecule is CC1CC(C)CN(S(=O)(=O)c2cccc(C(=O)N3CCCCCC3c3ccncc3)c2)C1. The van der Waals surface area contributed by atoms with Crippen LogP contribution in [0.5, 0.6) is 0 Å². The Balaban J connectivity index is 1.62. The number of carbonyl (C=O) groups excluding carboxylic acids is 1. The molecule has 2 aromatic rings. The van der Waals surface area contributed by atoms with Crippen molar-refractivity contribution in [2.45, 2.75) is 56.9 Å². The van der Waals surface area contributed by atoms with E-state index in [1.54, 1.807) is 41.0 Å². The Hall–Kier alpha value is -2.25. The van der Waals surface area contributed by atoms with Gasteiger partial charge in [-0.1, -0.05) is 32.8 Å². The lowest BCUT2D eigenvalue weighted by molar-refractivity contribution is 0.0680. The minimum absolute atomic E-state index is 0.0166. The molecule has 2 fully saturated rings. The highest BCUT2D eigenvalue weighted by atomic mass is 32.2. The third-order valence-corrected chi connectivity index (χ3v) is 8.49. The van der Waals surface area contributed by atoms with Gasteiger partial charge in [0.1, 0.15) is 0 Å². The highest BCUT2D eigenvalue weighted by Crippen LogP contribution is 2.32. The van der Waals surface area contributed by atoms with E-state index in [0.29, 0.717) is 37.0 Å². The second-order valence-electron chi connectivity index (χ2n) is 9.44. The molecule has 3 heterocycles. The molecule has 0 N–H and O–H groups in total. The molecular formula is C25H33N3O3S. The number of hydrogen-bond acceptors (Lipinski definition) is 4. The van der Waals surface area contributed by atoms with Gasteiger partial charge in [-0.25, -0.2) is 8.42 Å². The van der Waals surface area contributed by atoms with Crippen LogP contribution in [-0.4, -0.2) is 48.1 Å². The fraction of sp³-hybridized carbons (Fsp3) is 0.520. The zero-order valence-electron chi connectivity index (χ0n) is 19.0. The van der Waals surface area contributed by atoms with Crippen molar-refractivity contribution >= 4 is 15.9 Å². The molecule has 1 aromatic heterocycles. The van der Waals surface area contributed by atoms with Gasteiger partial charge in [0.25, 0.3) is 5.91 Å². The topological polar surface area (TPSA) is 70.6 Å². The van der Waals surface area contributed by atoms with Crippen LogP contribution < -0.4 is 0 Å². The van der Waals surface area contributed by atoms with E-state index < -0.39 is 10.0 Å². The lowest BCUT2D eigenvalue weighted by Gasteiger charge is -2.34. The van der Waals surface area contributed by atoms with Crippen LogP contribution in [0.2, 0.25) is 0 Å². The van der Waals surface area contributed by atoms with Crippen molar-refractivity contribution in [1.29, 1.82) is 0 Å². The third-order valence-electron chi connectivity index (χ3n) is 6.66. The number of aromatic nitrogens is 1. The van der Waals surface area contributed by atoms with Crippen LogP contribution in [0.15, 0.2) is 53.7 Å². The summed E-state index contributed by atoms with van der Waals surface area (Å²) in [5, 5.41) is 0. The second-order valence-corrected chi connectivity index (χ2v) is 11.4. The summed E-state index contributed by atoms with van der Waals surface area (Å²) in [4.78, 5) is 19.8. The van der Waals surface area contributed by atoms with Crippen LogP contribution in [0, 0.1) is 11.8 Å². The molecule has 6 nitrogen and oxygen atoms in total. The first kappa shape index (κ1) is 22.9. The zero-order valence-corrected chi connectivity index (χ0v) is 19.8. The van der Waals surface area contributed by atoms with Crippen molar-refractivity contribution in [3.05, 3.63) is 59.9 Å². The maximum absolute atomic E-state index is 13.6. The normalized spacial score (nSPS) is 25.3. The van der Waals surface area contributed by atoms with Crippen molar-refractivity contribution in [1.82, 2.24) is 14.2 Å². The van der Waals surface area contributed by atoms with Crippen molar-refractivity contribution in [3.63, 3.8) is 0 Å². The van der Waals surface area contributed by atoms with E-state index in [0.717, 1.165) is 37.7 Å². The lowest BCUT2D eigenvalue weighted by atomic mass is 9.94. The van der Waals surface area contributed by atoms with E-state index in [2.05, 4.69) is 18.8 Å². The van der Waals surface area contributed by atoms with E-state index >= 15 is 0 Å². The summed E-state index contributed by atoms with van der Waals surface area (Å²) in [5.41, 5.74) is 1.51. The molecule has 2 saturated heterocycles. The first-order chi connectivity index (χ1) is 15.4. The van der Waals surface area contributed by atoms with Gasteiger partial charge in [0.2, 0.25) is 10.0 Å². The average Bonchev–Trinajstić information content (AvgIpc) is 3.05. The number of rotatable bonds is 4. The maximum Gasteiger partial charge on any atom is 0.254 e. The van der Waals surface area contributed by atoms with Gasteiger partial charge >= 0.3 is 0 Å². The van der Waals surface area contributed by atoms with Crippen molar-refractivity contribution < 1.29 is 13.2 Å². The Kier molecular flexibility index (Phi) is 6.96. The molecule has 0 saturated carbocycles. The largest absolute Gasteiger partial charge is 0.332 e. The first-order valence-electron chi connectivity index (χ1n) is 11.7. The van der Waals surface area contributed by atoms with E-state index in [1.807, 2.05) is 17.0 Å². The predicted octanol–water partition coefficient (Wildman–Crippen LogP) is 4.51. The summed E-state index contributed by atoms with van der Waals surface area (Å²) >= 11 is 0. The molecular weight excluding hydrogens is 422 g/mol. The summed E-state index contributed by atoms with van der Waals surface area (Å²) < 4.78 is 28.3. The first-order valence-corrected chi connectivity index (χ1v) is 13.1. The summed E-state index contributed by atoms with van der Waals surface area (Å²) in [6, 6.07) is 10.5. The number of sulfonamides is 1. The number of benzene rings is 1. The molecule has 0 radical (unpaired) electrons. The Morgan fingerprint density at radius 3 is 2.44 bits per heavy atom. The standard InChI is InChI=1S/C25H33N3O3S/c1-19-15-20(2)18-27(17-19)32(30,31)23-8-6-7-22(16-23)25(29)28-14-5-3-4-9-24(28)21-10-12-26-13-11-21/h6-8,10-13,16,19-20,24H,3-5,9,14-15,17-18H2,1-2H3. The van der Waals surface area contributed by atoms with Crippen LogP contribution in [0.25, 0.3) is 0 Å². The van der Waals surface area contributed by atoms with Crippen LogP contribution in [0.3, 0.4) is 0 Å². The number of piperidine rings is 1. The van der Waals surface area contributed by atoms with E-state index in [9.17, 15) is 13.2 Å². The number of pyridine rings is 1. The minimum Gasteiger partial charge on any atom is -0.332 e. The molecule has 3 atom stereocenters. The molecule has 4 rings (SSSR count). The van der Waals surface area contributed by atoms with Gasteiger partial charge in [0, 0.05) is 37.6 Å². The van der Waals surface area contributed by atoms with Crippen LogP contribution in [0.4, 0.5) is 0 Å². The van der Waals surface area contributed by atoms with Crippen molar-refractivity contribution in [3.8, 4) is 0 Å². The van der Waals surface area contributed by atoms with E-state index in [4.69, 9.17) is 0 Å². The minimum atomic E-state index is -3.63. The molecule has 0 aliphatic carbocycles. The number of likely N-dealkylation sites (tertiary alicyclic amines) is 1. The van der Waals surface area contributed by atoms with Gasteiger partial charge in [-0.15, -0.1) is 0 Å². The van der Waals surface area contributed by atoms with Crippen molar-refractivity contribution in [2.24, 2.45) is 11.8 Å². The summed E-state index contributed by atoms with van der Waals surface area (Å²) in [7, 11) is -3.63. The smallest absolute Gasteiger partial charge is 0.254 e. The molecule has 2 aliphatic rings. The fourth-order valence-corrected chi connectivity index (χ4v) is 6.92. The third kappa shape index (κ3) is 4.89. The quantitative estimate of drug-likeness (QED) is 0.680. The number of carbonyl (C=O) groups is 1. The molecule has 0 spiro atoms. The molecule has 2 aliphatic heterocycles. The van der Waals surface area contributed by atoms with Crippen molar-refractivity contribution in [2.75, 3.05) is 19.6 Å². The van der Waals surface area contributed by atoms with Crippen LogP contribution in [-0.2, 0) is 10.0 Å². The lowest BCUT2D eigenvalue weighted by Crippen LogP contribution is -2.42. The number of amides is 1. The highest BCUT2D eigenvalue weighted by molar-refractivity contribution is 7.89. The Morgan fingerprint density at radius 2 is 1.72 bits per heavy atom. The summed E-state index contributed by atoms with van der Waals surface area (Å²) in [5.74, 6) is 0.555. The average molecular weight is 456 g/mol. The zero-order chi connectivity index (χ0) is 22.7. The van der Waals surface area contributed by atoms with Gasteiger partial charge in [-0.3, -0.25) is 9.78 Å². The van der Waals surface area contributed by atoms with Gasteiger partial charge in [0.15, 0.2) is 0 Å². The molecule has 1 aromatic carbocycles. The summed E-state index contributed by atoms with van der Waals surface area (Å²) in [6.45, 7) is 5.92. The number of hydrogen-bond donors (Lipinski definition) is 0. The Labute approximate surface area is 191 Å². The Morgan fingerprint density at radius 1 is 1.00 bits per heavy atom. The maximum atomic E-state index is 13.6. The van der Waals surface area contributed by atoms with E-state index in [-0.39, 0.29) is 16.8 Å².